The van der Waals surface area contributed by atoms with E-state index in [-0.39, 0.29) is 6.61 Å². The molecule has 0 aliphatic heterocycles. The number of hydrogen-bond donors (Lipinski definition) is 2. The second-order valence-electron chi connectivity index (χ2n) is 4.97. The molecule has 5 nitrogen and oxygen atoms in total. The molecule has 1 aromatic rings. The molecule has 1 aromatic carbocycles. The maximum atomic E-state index is 12.2. The van der Waals surface area contributed by atoms with Crippen LogP contribution in [-0.4, -0.2) is 28.0 Å². The highest BCUT2D eigenvalue weighted by Crippen LogP contribution is 2.54. The molecule has 0 spiro atoms. The molecule has 1 atom stereocenters. The molecule has 0 radical (unpaired) electrons. The molecule has 0 aliphatic carbocycles. The Bertz CT molecular complexity index is 504. The van der Waals surface area contributed by atoms with Crippen molar-refractivity contribution in [3.63, 3.8) is 0 Å². The van der Waals surface area contributed by atoms with Gasteiger partial charge in [0, 0.05) is 5.41 Å². The molecule has 1 rings (SSSR count). The summed E-state index contributed by atoms with van der Waals surface area (Å²) in [5.74, 6) is -0.835. The minimum Gasteiger partial charge on any atom is -0.465 e. The topological polar surface area (TPSA) is 83.8 Å². The van der Waals surface area contributed by atoms with Gasteiger partial charge in [0.05, 0.1) is 6.61 Å². The van der Waals surface area contributed by atoms with Crippen molar-refractivity contribution < 1.29 is 23.9 Å². The fraction of sp³-hybridized carbons (Fsp3) is 0.533. The monoisotopic (exact) mass is 314 g/mol. The van der Waals surface area contributed by atoms with Crippen LogP contribution in [0, 0.1) is 0 Å². The summed E-state index contributed by atoms with van der Waals surface area (Å²) in [5.41, 5.74) is -1.68. The minimum atomic E-state index is -4.66. The molecule has 6 heteroatoms. The van der Waals surface area contributed by atoms with Crippen LogP contribution in [-0.2, 0) is 19.5 Å². The first-order valence-electron chi connectivity index (χ1n) is 7.10. The van der Waals surface area contributed by atoms with E-state index in [1.165, 1.54) is 0 Å². The van der Waals surface area contributed by atoms with Crippen LogP contribution >= 0.6 is 7.60 Å². The van der Waals surface area contributed by atoms with Crippen LogP contribution in [0.15, 0.2) is 30.3 Å². The summed E-state index contributed by atoms with van der Waals surface area (Å²) in [6, 6.07) is 9.04. The average Bonchev–Trinajstić information content (AvgIpc) is 2.44. The molecular formula is C15H23O5P. The Hall–Kier alpha value is -1.16. The zero-order valence-electron chi connectivity index (χ0n) is 12.7. The lowest BCUT2D eigenvalue weighted by Crippen LogP contribution is -2.44. The molecule has 0 heterocycles. The Morgan fingerprint density at radius 3 is 2.10 bits per heavy atom. The summed E-state index contributed by atoms with van der Waals surface area (Å²) in [6.45, 7) is 5.38. The Labute approximate surface area is 125 Å². The van der Waals surface area contributed by atoms with Gasteiger partial charge in [-0.15, -0.1) is 0 Å². The van der Waals surface area contributed by atoms with Gasteiger partial charge in [-0.25, -0.2) is 0 Å². The maximum absolute atomic E-state index is 12.2. The van der Waals surface area contributed by atoms with Crippen LogP contribution in [0.5, 0.6) is 0 Å². The lowest BCUT2D eigenvalue weighted by Gasteiger charge is -2.38. The lowest BCUT2D eigenvalue weighted by atomic mass is 9.73. The summed E-state index contributed by atoms with van der Waals surface area (Å²) in [5, 5.41) is 0. The normalized spacial score (nSPS) is 13.8. The standard InChI is InChI=1S/C15H23O5P/c1-4-15(5-2,12-10-8-7-9-11-12)13(21(17,18)19)14(16)20-6-3/h7-11,13H,4-6H2,1-3H3,(H2,17,18,19). The van der Waals surface area contributed by atoms with Gasteiger partial charge in [-0.05, 0) is 25.3 Å². The highest BCUT2D eigenvalue weighted by Gasteiger charge is 2.52. The first-order chi connectivity index (χ1) is 9.83. The van der Waals surface area contributed by atoms with Gasteiger partial charge in [-0.2, -0.15) is 0 Å². The third-order valence-electron chi connectivity index (χ3n) is 3.98. The van der Waals surface area contributed by atoms with E-state index in [0.717, 1.165) is 5.56 Å². The smallest absolute Gasteiger partial charge is 0.340 e. The lowest BCUT2D eigenvalue weighted by molar-refractivity contribution is -0.144. The van der Waals surface area contributed by atoms with Crippen molar-refractivity contribution in [2.24, 2.45) is 0 Å². The summed E-state index contributed by atoms with van der Waals surface area (Å²) < 4.78 is 16.9. The van der Waals surface area contributed by atoms with Crippen LogP contribution in [0.3, 0.4) is 0 Å². The number of hydrogen-bond acceptors (Lipinski definition) is 3. The number of carbonyl (C=O) groups excluding carboxylic acids is 1. The van der Waals surface area contributed by atoms with Crippen molar-refractivity contribution in [3.8, 4) is 0 Å². The van der Waals surface area contributed by atoms with Gasteiger partial charge in [-0.1, -0.05) is 44.2 Å². The first-order valence-corrected chi connectivity index (χ1v) is 8.79. The van der Waals surface area contributed by atoms with Crippen LogP contribution in [0.2, 0.25) is 0 Å². The summed E-state index contributed by atoms with van der Waals surface area (Å²) in [7, 11) is -4.66. The summed E-state index contributed by atoms with van der Waals surface area (Å²) in [6.07, 6.45) is 0.865. The zero-order chi connectivity index (χ0) is 16.1. The van der Waals surface area contributed by atoms with E-state index >= 15 is 0 Å². The van der Waals surface area contributed by atoms with E-state index in [1.54, 1.807) is 31.2 Å². The van der Waals surface area contributed by atoms with E-state index in [9.17, 15) is 19.1 Å². The van der Waals surface area contributed by atoms with Gasteiger partial charge in [0.2, 0.25) is 0 Å². The predicted molar refractivity (Wildman–Crippen MR) is 81.2 cm³/mol. The molecule has 0 saturated heterocycles. The number of esters is 1. The minimum absolute atomic E-state index is 0.0909. The highest BCUT2D eigenvalue weighted by molar-refractivity contribution is 7.53. The largest absolute Gasteiger partial charge is 0.465 e. The van der Waals surface area contributed by atoms with Crippen LogP contribution in [0.25, 0.3) is 0 Å². The van der Waals surface area contributed by atoms with Gasteiger partial charge < -0.3 is 14.5 Å². The predicted octanol–water partition coefficient (Wildman–Crippen LogP) is 2.85. The van der Waals surface area contributed by atoms with Crippen molar-refractivity contribution in [1.29, 1.82) is 0 Å². The second kappa shape index (κ2) is 7.21. The third kappa shape index (κ3) is 3.73. The molecule has 0 fully saturated rings. The van der Waals surface area contributed by atoms with Crippen molar-refractivity contribution in [3.05, 3.63) is 35.9 Å². The zero-order valence-corrected chi connectivity index (χ0v) is 13.5. The van der Waals surface area contributed by atoms with Crippen molar-refractivity contribution in [2.45, 2.75) is 44.7 Å². The van der Waals surface area contributed by atoms with Gasteiger partial charge in [-0.3, -0.25) is 9.36 Å². The number of carbonyl (C=O) groups is 1. The quantitative estimate of drug-likeness (QED) is 0.597. The summed E-state index contributed by atoms with van der Waals surface area (Å²) in [4.78, 5) is 31.7. The molecule has 0 aromatic heterocycles. The average molecular weight is 314 g/mol. The number of ether oxygens (including phenoxy) is 1. The SMILES string of the molecule is CCOC(=O)C(C(CC)(CC)c1ccccc1)P(=O)(O)O. The second-order valence-corrected chi connectivity index (χ2v) is 6.67. The molecule has 0 aliphatic rings. The molecule has 2 N–H and O–H groups in total. The number of benzene rings is 1. The van der Waals surface area contributed by atoms with Crippen molar-refractivity contribution in [1.82, 2.24) is 0 Å². The molecule has 0 bridgehead atoms. The fourth-order valence-corrected chi connectivity index (χ4v) is 4.39. The summed E-state index contributed by atoms with van der Waals surface area (Å²) >= 11 is 0. The third-order valence-corrected chi connectivity index (χ3v) is 5.36. The van der Waals surface area contributed by atoms with Gasteiger partial charge >= 0.3 is 13.6 Å². The van der Waals surface area contributed by atoms with E-state index in [1.807, 2.05) is 19.9 Å². The van der Waals surface area contributed by atoms with Crippen molar-refractivity contribution in [2.75, 3.05) is 6.61 Å². The van der Waals surface area contributed by atoms with E-state index in [0.29, 0.717) is 12.8 Å². The molecule has 0 amide bonds. The van der Waals surface area contributed by atoms with Crippen LogP contribution in [0.1, 0.15) is 39.2 Å². The van der Waals surface area contributed by atoms with Gasteiger partial charge in [0.25, 0.3) is 0 Å². The molecule has 118 valence electrons. The molecular weight excluding hydrogens is 291 g/mol. The Kier molecular flexibility index (Phi) is 6.14. The van der Waals surface area contributed by atoms with Crippen LogP contribution < -0.4 is 0 Å². The maximum Gasteiger partial charge on any atom is 0.340 e. The fourth-order valence-electron chi connectivity index (χ4n) is 2.88. The Balaban J connectivity index is 3.46. The van der Waals surface area contributed by atoms with Gasteiger partial charge in [0.1, 0.15) is 0 Å². The van der Waals surface area contributed by atoms with E-state index < -0.39 is 24.6 Å². The highest BCUT2D eigenvalue weighted by atomic mass is 31.2. The van der Waals surface area contributed by atoms with Gasteiger partial charge in [0.15, 0.2) is 5.66 Å². The Morgan fingerprint density at radius 2 is 1.71 bits per heavy atom. The van der Waals surface area contributed by atoms with Crippen molar-refractivity contribution >= 4 is 13.6 Å². The molecule has 21 heavy (non-hydrogen) atoms. The Morgan fingerprint density at radius 1 is 1.19 bits per heavy atom. The number of rotatable bonds is 7. The van der Waals surface area contributed by atoms with E-state index in [4.69, 9.17) is 4.74 Å². The molecule has 1 unspecified atom stereocenters. The van der Waals surface area contributed by atoms with E-state index in [2.05, 4.69) is 0 Å². The first kappa shape index (κ1) is 17.9. The van der Waals surface area contributed by atoms with Crippen LogP contribution in [0.4, 0.5) is 0 Å². The molecule has 0 saturated carbocycles.